The average molecular weight is 195 g/mol. The summed E-state index contributed by atoms with van der Waals surface area (Å²) in [7, 11) is 1.60. The van der Waals surface area contributed by atoms with Gasteiger partial charge in [0.1, 0.15) is 5.82 Å². The van der Waals surface area contributed by atoms with Crippen LogP contribution in [0.15, 0.2) is 4.79 Å². The number of fused-ring (bicyclic) bond motifs is 1. The second-order valence-corrected chi connectivity index (χ2v) is 3.04. The molecule has 6 nitrogen and oxygen atoms in total. The lowest BCUT2D eigenvalue weighted by Crippen LogP contribution is -2.33. The fraction of sp³-hybridized carbons (Fsp3) is 0.375. The Morgan fingerprint density at radius 1 is 1.50 bits per heavy atom. The largest absolute Gasteiger partial charge is 0.475 e. The zero-order valence-electron chi connectivity index (χ0n) is 7.83. The summed E-state index contributed by atoms with van der Waals surface area (Å²) >= 11 is 0. The Morgan fingerprint density at radius 3 is 2.93 bits per heavy atom. The van der Waals surface area contributed by atoms with Crippen LogP contribution >= 0.6 is 0 Å². The summed E-state index contributed by atoms with van der Waals surface area (Å²) in [4.78, 5) is 26.6. The van der Waals surface area contributed by atoms with Crippen molar-refractivity contribution >= 4 is 11.7 Å². The molecule has 0 spiro atoms. The van der Waals surface area contributed by atoms with Crippen molar-refractivity contribution < 1.29 is 9.53 Å². The molecule has 1 aromatic rings. The molecular formula is C8H9N3O3. The summed E-state index contributed by atoms with van der Waals surface area (Å²) < 4.78 is 6.37. The van der Waals surface area contributed by atoms with E-state index in [4.69, 9.17) is 4.74 Å². The number of aromatic nitrogens is 2. The third-order valence-electron chi connectivity index (χ3n) is 2.08. The molecule has 0 aliphatic carbocycles. The Balaban J connectivity index is 2.66. The van der Waals surface area contributed by atoms with Crippen molar-refractivity contribution in [2.75, 3.05) is 11.9 Å². The number of carbonyl (C=O) groups excluding carboxylic acids is 1. The van der Waals surface area contributed by atoms with Gasteiger partial charge in [-0.15, -0.1) is 0 Å². The number of nitrogens with zero attached hydrogens (tertiary/aromatic N) is 2. The van der Waals surface area contributed by atoms with Crippen LogP contribution in [0.25, 0.3) is 0 Å². The van der Waals surface area contributed by atoms with Crippen LogP contribution in [0, 0.1) is 6.92 Å². The number of hydrogen-bond acceptors (Lipinski definition) is 4. The molecule has 14 heavy (non-hydrogen) atoms. The highest BCUT2D eigenvalue weighted by Gasteiger charge is 2.21. The first-order chi connectivity index (χ1) is 6.59. The van der Waals surface area contributed by atoms with E-state index in [1.165, 1.54) is 4.57 Å². The number of ether oxygens (including phenoxy) is 1. The van der Waals surface area contributed by atoms with Crippen molar-refractivity contribution in [1.29, 1.82) is 0 Å². The topological polar surface area (TPSA) is 73.2 Å². The molecule has 0 unspecified atom stereocenters. The predicted molar refractivity (Wildman–Crippen MR) is 48.3 cm³/mol. The van der Waals surface area contributed by atoms with Gasteiger partial charge in [-0.05, 0) is 6.92 Å². The Labute approximate surface area is 79.5 Å². The van der Waals surface area contributed by atoms with E-state index in [-0.39, 0.29) is 29.6 Å². The van der Waals surface area contributed by atoms with Crippen LogP contribution in [0.5, 0.6) is 5.75 Å². The number of carbonyl (C=O) groups is 1. The number of hydrogen-bond donors (Lipinski definition) is 1. The van der Waals surface area contributed by atoms with Crippen molar-refractivity contribution in [3.63, 3.8) is 0 Å². The third kappa shape index (κ3) is 1.15. The van der Waals surface area contributed by atoms with Crippen LogP contribution in [0.1, 0.15) is 5.82 Å². The van der Waals surface area contributed by atoms with Crippen LogP contribution in [0.4, 0.5) is 5.82 Å². The summed E-state index contributed by atoms with van der Waals surface area (Å²) in [5, 5.41) is 2.48. The first-order valence-electron chi connectivity index (χ1n) is 4.10. The zero-order valence-corrected chi connectivity index (χ0v) is 7.83. The lowest BCUT2D eigenvalue weighted by molar-refractivity contribution is -0.118. The predicted octanol–water partition coefficient (Wildman–Crippen LogP) is -0.580. The minimum absolute atomic E-state index is 0.109. The van der Waals surface area contributed by atoms with Crippen molar-refractivity contribution in [3.8, 4) is 5.75 Å². The molecule has 1 amide bonds. The molecule has 0 aromatic carbocycles. The molecule has 1 aliphatic heterocycles. The summed E-state index contributed by atoms with van der Waals surface area (Å²) in [5.74, 6) is 0.553. The van der Waals surface area contributed by atoms with Gasteiger partial charge in [0.2, 0.25) is 5.75 Å². The molecule has 2 rings (SSSR count). The number of aryl methyl sites for hydroxylation is 1. The quantitative estimate of drug-likeness (QED) is 0.601. The van der Waals surface area contributed by atoms with Crippen LogP contribution in [0.3, 0.4) is 0 Å². The molecule has 0 saturated heterocycles. The molecule has 1 aliphatic rings. The van der Waals surface area contributed by atoms with E-state index in [0.717, 1.165) is 0 Å². The van der Waals surface area contributed by atoms with Crippen LogP contribution in [-0.2, 0) is 11.8 Å². The van der Waals surface area contributed by atoms with Gasteiger partial charge in [0, 0.05) is 7.05 Å². The van der Waals surface area contributed by atoms with Crippen molar-refractivity contribution in [3.05, 3.63) is 16.2 Å². The fourth-order valence-corrected chi connectivity index (χ4v) is 1.21. The lowest BCUT2D eigenvalue weighted by Gasteiger charge is -2.17. The maximum atomic E-state index is 11.6. The Morgan fingerprint density at radius 2 is 2.21 bits per heavy atom. The van der Waals surface area contributed by atoms with Gasteiger partial charge in [-0.1, -0.05) is 0 Å². The van der Waals surface area contributed by atoms with Gasteiger partial charge in [0.05, 0.1) is 0 Å². The monoisotopic (exact) mass is 195 g/mol. The van der Waals surface area contributed by atoms with E-state index in [0.29, 0.717) is 5.82 Å². The van der Waals surface area contributed by atoms with Gasteiger partial charge in [0.15, 0.2) is 12.4 Å². The van der Waals surface area contributed by atoms with E-state index in [1.54, 1.807) is 14.0 Å². The van der Waals surface area contributed by atoms with E-state index < -0.39 is 0 Å². The molecule has 0 bridgehead atoms. The maximum Gasteiger partial charge on any atom is 0.297 e. The molecule has 1 aromatic heterocycles. The second kappa shape index (κ2) is 2.83. The summed E-state index contributed by atoms with van der Waals surface area (Å²) in [6.45, 7) is 1.55. The first-order valence-corrected chi connectivity index (χ1v) is 4.10. The minimum atomic E-state index is -0.294. The van der Waals surface area contributed by atoms with Gasteiger partial charge < -0.3 is 10.1 Å². The highest BCUT2D eigenvalue weighted by Crippen LogP contribution is 2.20. The van der Waals surface area contributed by atoms with Gasteiger partial charge in [-0.25, -0.2) is 4.98 Å². The lowest BCUT2D eigenvalue weighted by atomic mass is 10.4. The van der Waals surface area contributed by atoms with Crippen LogP contribution in [0.2, 0.25) is 0 Å². The molecule has 0 radical (unpaired) electrons. The fourth-order valence-electron chi connectivity index (χ4n) is 1.21. The van der Waals surface area contributed by atoms with Crippen LogP contribution < -0.4 is 15.6 Å². The first kappa shape index (κ1) is 8.74. The smallest absolute Gasteiger partial charge is 0.297 e. The van der Waals surface area contributed by atoms with E-state index >= 15 is 0 Å². The number of amides is 1. The summed E-state index contributed by atoms with van der Waals surface area (Å²) in [6.07, 6.45) is 0. The molecule has 6 heteroatoms. The van der Waals surface area contributed by atoms with E-state index in [2.05, 4.69) is 10.3 Å². The number of nitrogens with one attached hydrogen (secondary N) is 1. The summed E-state index contributed by atoms with van der Waals surface area (Å²) in [5.41, 5.74) is -0.285. The molecular weight excluding hydrogens is 186 g/mol. The van der Waals surface area contributed by atoms with Gasteiger partial charge in [0.25, 0.3) is 11.5 Å². The van der Waals surface area contributed by atoms with Gasteiger partial charge >= 0.3 is 0 Å². The SMILES string of the molecule is Cc1nc2c(c(=O)n1C)OCC(=O)N2. The second-order valence-electron chi connectivity index (χ2n) is 3.04. The number of anilines is 1. The van der Waals surface area contributed by atoms with E-state index in [9.17, 15) is 9.59 Å². The molecule has 0 atom stereocenters. The third-order valence-corrected chi connectivity index (χ3v) is 2.08. The molecule has 0 saturated carbocycles. The maximum absolute atomic E-state index is 11.6. The highest BCUT2D eigenvalue weighted by molar-refractivity contribution is 5.93. The molecule has 74 valence electrons. The minimum Gasteiger partial charge on any atom is -0.475 e. The standard InChI is InChI=1S/C8H9N3O3/c1-4-9-7-6(8(13)11(4)2)14-3-5(12)10-7/h3H2,1-2H3,(H,10,12). The highest BCUT2D eigenvalue weighted by atomic mass is 16.5. The summed E-state index contributed by atoms with van der Waals surface area (Å²) in [6, 6.07) is 0. The van der Waals surface area contributed by atoms with Crippen molar-refractivity contribution in [2.45, 2.75) is 6.92 Å². The molecule has 2 heterocycles. The molecule has 1 N–H and O–H groups in total. The molecule has 0 fully saturated rings. The van der Waals surface area contributed by atoms with E-state index in [1.807, 2.05) is 0 Å². The van der Waals surface area contributed by atoms with Crippen molar-refractivity contribution in [2.24, 2.45) is 7.05 Å². The number of rotatable bonds is 0. The Bertz CT molecular complexity index is 464. The van der Waals surface area contributed by atoms with Gasteiger partial charge in [-0.3, -0.25) is 14.2 Å². The zero-order chi connectivity index (χ0) is 10.3. The Kier molecular flexibility index (Phi) is 1.77. The average Bonchev–Trinajstić information content (AvgIpc) is 2.14. The van der Waals surface area contributed by atoms with Crippen molar-refractivity contribution in [1.82, 2.24) is 9.55 Å². The van der Waals surface area contributed by atoms with Gasteiger partial charge in [-0.2, -0.15) is 0 Å². The normalized spacial score (nSPS) is 14.3. The van der Waals surface area contributed by atoms with Crippen LogP contribution in [-0.4, -0.2) is 22.1 Å². The Hall–Kier alpha value is -1.85.